The predicted molar refractivity (Wildman–Crippen MR) is 98.0 cm³/mol. The summed E-state index contributed by atoms with van der Waals surface area (Å²) in [5.74, 6) is 5.70. The molecule has 7 heteroatoms. The normalized spacial score (nSPS) is 10.0. The van der Waals surface area contributed by atoms with Gasteiger partial charge in [-0.3, -0.25) is 14.8 Å². The van der Waals surface area contributed by atoms with Crippen molar-refractivity contribution in [3.63, 3.8) is 0 Å². The molecule has 0 radical (unpaired) electrons. The van der Waals surface area contributed by atoms with Crippen molar-refractivity contribution < 1.29 is 19.2 Å². The Bertz CT molecular complexity index is 967. The van der Waals surface area contributed by atoms with Gasteiger partial charge in [0.05, 0.1) is 6.54 Å². The van der Waals surface area contributed by atoms with E-state index in [1.807, 2.05) is 18.2 Å². The van der Waals surface area contributed by atoms with E-state index in [9.17, 15) is 9.59 Å². The summed E-state index contributed by atoms with van der Waals surface area (Å²) < 4.78 is 5.49. The fraction of sp³-hybridized carbons (Fsp3) is 0.0526. The highest BCUT2D eigenvalue weighted by atomic mass is 32.2. The number of furan rings is 1. The van der Waals surface area contributed by atoms with Crippen LogP contribution in [0.25, 0.3) is 11.0 Å². The second-order valence-corrected chi connectivity index (χ2v) is 6.20. The second-order valence-electron chi connectivity index (χ2n) is 5.16. The number of para-hydroxylation sites is 1. The minimum absolute atomic E-state index is 0.180. The predicted octanol–water partition coefficient (Wildman–Crippen LogP) is 3.41. The highest BCUT2D eigenvalue weighted by molar-refractivity contribution is 8.13. The molecule has 0 spiro atoms. The highest BCUT2D eigenvalue weighted by Gasteiger charge is 2.10. The molecule has 26 heavy (non-hydrogen) atoms. The van der Waals surface area contributed by atoms with Crippen LogP contribution in [0.1, 0.15) is 16.1 Å². The smallest absolute Gasteiger partial charge is 0.307 e. The number of amides is 2. The lowest BCUT2D eigenvalue weighted by molar-refractivity contribution is 0.0933. The van der Waals surface area contributed by atoms with E-state index in [0.717, 1.165) is 22.7 Å². The summed E-state index contributed by atoms with van der Waals surface area (Å²) in [6.07, 6.45) is 0. The number of carbonyl (C=O) groups excluding carboxylic acids is 2. The van der Waals surface area contributed by atoms with Gasteiger partial charge in [0.1, 0.15) is 5.58 Å². The number of hydroxylamine groups is 1. The number of rotatable bonds is 3. The molecule has 3 rings (SSSR count). The molecule has 0 saturated carbocycles. The van der Waals surface area contributed by atoms with Gasteiger partial charge in [-0.25, -0.2) is 5.48 Å². The van der Waals surface area contributed by atoms with Crippen molar-refractivity contribution in [3.05, 3.63) is 65.9 Å². The average molecular weight is 366 g/mol. The number of thioether (sulfide) groups is 1. The first kappa shape index (κ1) is 17.6. The Morgan fingerprint density at radius 1 is 1.12 bits per heavy atom. The standard InChI is InChI=1S/C19H14N2O4S/c22-18(17-12-14-5-1-2-6-16(14)25-17)20-11-3-4-13-7-9-15(10-8-13)26-19(23)21-24/h1-2,5-10,12,24H,11H2,(H,20,22)(H,21,23). The highest BCUT2D eigenvalue weighted by Crippen LogP contribution is 2.19. The zero-order valence-corrected chi connectivity index (χ0v) is 14.3. The Balaban J connectivity index is 1.54. The van der Waals surface area contributed by atoms with Gasteiger partial charge in [0.15, 0.2) is 5.76 Å². The fourth-order valence-corrected chi connectivity index (χ4v) is 2.72. The third-order valence-electron chi connectivity index (χ3n) is 3.38. The first-order valence-corrected chi connectivity index (χ1v) is 8.45. The lowest BCUT2D eigenvalue weighted by Crippen LogP contribution is -2.22. The van der Waals surface area contributed by atoms with E-state index < -0.39 is 5.24 Å². The Kier molecular flexibility index (Phi) is 5.59. The Labute approximate surface area is 153 Å². The van der Waals surface area contributed by atoms with E-state index in [1.54, 1.807) is 41.9 Å². The molecule has 0 aliphatic heterocycles. The molecule has 0 atom stereocenters. The third-order valence-corrected chi connectivity index (χ3v) is 4.16. The number of carbonyl (C=O) groups is 2. The SMILES string of the molecule is O=C(NO)Sc1ccc(C#CCNC(=O)c2cc3ccccc3o2)cc1. The quantitative estimate of drug-likeness (QED) is 0.286. The number of benzene rings is 2. The van der Waals surface area contributed by atoms with Crippen molar-refractivity contribution in [2.45, 2.75) is 4.90 Å². The van der Waals surface area contributed by atoms with Gasteiger partial charge in [-0.2, -0.15) is 0 Å². The van der Waals surface area contributed by atoms with E-state index in [1.165, 1.54) is 0 Å². The van der Waals surface area contributed by atoms with Gasteiger partial charge in [-0.1, -0.05) is 30.0 Å². The van der Waals surface area contributed by atoms with E-state index >= 15 is 0 Å². The molecular formula is C19H14N2O4S. The monoisotopic (exact) mass is 366 g/mol. The van der Waals surface area contributed by atoms with E-state index in [2.05, 4.69) is 17.2 Å². The van der Waals surface area contributed by atoms with Crippen molar-refractivity contribution in [2.75, 3.05) is 6.54 Å². The number of nitrogens with one attached hydrogen (secondary N) is 2. The van der Waals surface area contributed by atoms with Crippen LogP contribution in [0, 0.1) is 11.8 Å². The number of hydrogen-bond acceptors (Lipinski definition) is 5. The molecule has 2 aromatic carbocycles. The van der Waals surface area contributed by atoms with Crippen LogP contribution in [0.2, 0.25) is 0 Å². The molecule has 2 amide bonds. The van der Waals surface area contributed by atoms with Crippen LogP contribution in [0.3, 0.4) is 0 Å². The second kappa shape index (κ2) is 8.25. The molecule has 130 valence electrons. The molecule has 3 aromatic rings. The third kappa shape index (κ3) is 4.45. The van der Waals surface area contributed by atoms with Gasteiger partial charge in [0.25, 0.3) is 5.91 Å². The molecule has 1 heterocycles. The van der Waals surface area contributed by atoms with Crippen molar-refractivity contribution >= 4 is 33.9 Å². The number of fused-ring (bicyclic) bond motifs is 1. The maximum atomic E-state index is 12.1. The van der Waals surface area contributed by atoms with E-state index in [4.69, 9.17) is 9.62 Å². The molecule has 0 aliphatic rings. The molecule has 1 aromatic heterocycles. The van der Waals surface area contributed by atoms with Crippen LogP contribution in [0.5, 0.6) is 0 Å². The molecule has 0 aliphatic carbocycles. The fourth-order valence-electron chi connectivity index (χ4n) is 2.19. The summed E-state index contributed by atoms with van der Waals surface area (Å²) in [5, 5.41) is 11.5. The van der Waals surface area contributed by atoms with Crippen LogP contribution < -0.4 is 10.8 Å². The molecular weight excluding hydrogens is 352 g/mol. The lowest BCUT2D eigenvalue weighted by atomic mass is 10.2. The van der Waals surface area contributed by atoms with Crippen LogP contribution in [0.15, 0.2) is 63.9 Å². The van der Waals surface area contributed by atoms with Crippen LogP contribution in [0.4, 0.5) is 4.79 Å². The molecule has 0 saturated heterocycles. The summed E-state index contributed by atoms with van der Waals surface area (Å²) in [6, 6.07) is 16.0. The van der Waals surface area contributed by atoms with Gasteiger partial charge in [-0.15, -0.1) is 0 Å². The molecule has 0 unspecified atom stereocenters. The van der Waals surface area contributed by atoms with Gasteiger partial charge < -0.3 is 9.73 Å². The van der Waals surface area contributed by atoms with E-state index in [0.29, 0.717) is 10.5 Å². The Morgan fingerprint density at radius 3 is 2.62 bits per heavy atom. The van der Waals surface area contributed by atoms with Gasteiger partial charge in [-0.05, 0) is 48.2 Å². The minimum Gasteiger partial charge on any atom is -0.451 e. The van der Waals surface area contributed by atoms with Gasteiger partial charge in [0.2, 0.25) is 0 Å². The number of hydrogen-bond donors (Lipinski definition) is 3. The first-order chi connectivity index (χ1) is 12.7. The lowest BCUT2D eigenvalue weighted by Gasteiger charge is -1.99. The Morgan fingerprint density at radius 2 is 1.88 bits per heavy atom. The van der Waals surface area contributed by atoms with Crippen LogP contribution in [-0.4, -0.2) is 22.9 Å². The summed E-state index contributed by atoms with van der Waals surface area (Å²) in [5.41, 5.74) is 2.96. The maximum Gasteiger partial charge on any atom is 0.307 e. The summed E-state index contributed by atoms with van der Waals surface area (Å²) in [4.78, 5) is 23.8. The van der Waals surface area contributed by atoms with E-state index in [-0.39, 0.29) is 18.2 Å². The van der Waals surface area contributed by atoms with Crippen molar-refractivity contribution in [1.29, 1.82) is 0 Å². The zero-order chi connectivity index (χ0) is 18.4. The molecule has 3 N–H and O–H groups in total. The largest absolute Gasteiger partial charge is 0.451 e. The van der Waals surface area contributed by atoms with Gasteiger partial charge in [0, 0.05) is 15.8 Å². The van der Waals surface area contributed by atoms with Gasteiger partial charge >= 0.3 is 5.24 Å². The maximum absolute atomic E-state index is 12.1. The Hall–Kier alpha value is -3.21. The van der Waals surface area contributed by atoms with Crippen molar-refractivity contribution in [1.82, 2.24) is 10.8 Å². The molecule has 0 bridgehead atoms. The molecule has 0 fully saturated rings. The van der Waals surface area contributed by atoms with Crippen LogP contribution in [-0.2, 0) is 0 Å². The molecule has 6 nitrogen and oxygen atoms in total. The first-order valence-electron chi connectivity index (χ1n) is 7.63. The van der Waals surface area contributed by atoms with Crippen LogP contribution >= 0.6 is 11.8 Å². The topological polar surface area (TPSA) is 91.6 Å². The van der Waals surface area contributed by atoms with Crippen molar-refractivity contribution in [3.8, 4) is 11.8 Å². The summed E-state index contributed by atoms with van der Waals surface area (Å²) in [7, 11) is 0. The summed E-state index contributed by atoms with van der Waals surface area (Å²) in [6.45, 7) is 0.180. The minimum atomic E-state index is -0.558. The van der Waals surface area contributed by atoms with Crippen molar-refractivity contribution in [2.24, 2.45) is 0 Å². The zero-order valence-electron chi connectivity index (χ0n) is 13.5. The summed E-state index contributed by atoms with van der Waals surface area (Å²) >= 11 is 0.868. The average Bonchev–Trinajstić information content (AvgIpc) is 3.10.